The topological polar surface area (TPSA) is 46.2 Å². The van der Waals surface area contributed by atoms with Crippen molar-refractivity contribution in [2.24, 2.45) is 5.73 Å². The third-order valence-corrected chi connectivity index (χ3v) is 4.34. The van der Waals surface area contributed by atoms with Gasteiger partial charge in [0, 0.05) is 13.0 Å². The van der Waals surface area contributed by atoms with Gasteiger partial charge < -0.3 is 10.8 Å². The summed E-state index contributed by atoms with van der Waals surface area (Å²) in [6.07, 6.45) is -14.2. The number of hydrogen-bond acceptors (Lipinski definition) is 2. The van der Waals surface area contributed by atoms with Crippen molar-refractivity contribution >= 4 is 0 Å². The molecule has 0 aromatic heterocycles. The molecule has 0 aromatic rings. The van der Waals surface area contributed by atoms with Crippen molar-refractivity contribution in [3.8, 4) is 0 Å². The van der Waals surface area contributed by atoms with E-state index in [0.717, 1.165) is 0 Å². The molecule has 0 spiro atoms. The Balaban J connectivity index is 7.00. The maximum absolute atomic E-state index is 13.5. The van der Waals surface area contributed by atoms with E-state index in [1.807, 2.05) is 0 Å². The minimum absolute atomic E-state index is 1.55. The van der Waals surface area contributed by atoms with E-state index in [1.54, 1.807) is 0 Å². The van der Waals surface area contributed by atoms with E-state index in [-0.39, 0.29) is 0 Å². The van der Waals surface area contributed by atoms with Crippen LogP contribution in [0.2, 0.25) is 0 Å². The molecule has 3 N–H and O–H groups in total. The highest BCUT2D eigenvalue weighted by atomic mass is 19.4. The summed E-state index contributed by atoms with van der Waals surface area (Å²) in [6, 6.07) is 0. The second-order valence-corrected chi connectivity index (χ2v) is 6.89. The number of hydrogen-bond donors (Lipinski definition) is 2. The van der Waals surface area contributed by atoms with Crippen LogP contribution in [0, 0.1) is 0 Å². The molecule has 0 amide bonds. The van der Waals surface area contributed by atoms with E-state index in [4.69, 9.17) is 5.11 Å². The molecule has 0 radical (unpaired) electrons. The Labute approximate surface area is 183 Å². The molecule has 0 aliphatic rings. The number of nitrogens with two attached hydrogens (primary N) is 1. The Hall–Kier alpha value is -1.55. The normalized spacial score (nSPS) is 17.4. The molecular weight excluding hydrogens is 585 g/mol. The van der Waals surface area contributed by atoms with Crippen molar-refractivity contribution in [2.45, 2.75) is 72.0 Å². The fourth-order valence-electron chi connectivity index (χ4n) is 2.10. The zero-order valence-corrected chi connectivity index (χ0v) is 16.0. The molecule has 36 heavy (non-hydrogen) atoms. The van der Waals surface area contributed by atoms with Crippen molar-refractivity contribution < 1.29 is 97.3 Å². The number of rotatable bonds is 11. The zero-order chi connectivity index (χ0) is 30.0. The van der Waals surface area contributed by atoms with Crippen molar-refractivity contribution in [3.63, 3.8) is 0 Å². The predicted molar refractivity (Wildman–Crippen MR) is 70.3 cm³/mol. The Morgan fingerprint density at radius 3 is 0.861 bits per heavy atom. The molecule has 0 heterocycles. The summed E-state index contributed by atoms with van der Waals surface area (Å²) in [5.74, 6) is -77.4. The average molecular weight is 593 g/mol. The van der Waals surface area contributed by atoms with Gasteiger partial charge >= 0.3 is 59.5 Å². The predicted octanol–water partition coefficient (Wildman–Crippen LogP) is 5.98. The second-order valence-electron chi connectivity index (χ2n) is 6.89. The Morgan fingerprint density at radius 1 is 0.417 bits per heavy atom. The first-order chi connectivity index (χ1) is 15.2. The van der Waals surface area contributed by atoms with Crippen molar-refractivity contribution in [2.75, 3.05) is 6.54 Å². The largest absolute Gasteiger partial charge is 0.460 e. The lowest BCUT2D eigenvalue weighted by Crippen LogP contribution is -2.76. The average Bonchev–Trinajstić information content (AvgIpc) is 2.65. The molecule has 0 aliphatic heterocycles. The fraction of sp³-hybridized carbons (Fsp3) is 1.00. The number of halogens is 21. The smallest absolute Gasteiger partial charge is 0.392 e. The summed E-state index contributed by atoms with van der Waals surface area (Å²) in [5, 5.41) is 8.67. The fourth-order valence-corrected chi connectivity index (χ4v) is 2.10. The van der Waals surface area contributed by atoms with Gasteiger partial charge in [0.2, 0.25) is 0 Å². The molecule has 218 valence electrons. The van der Waals surface area contributed by atoms with Gasteiger partial charge in [-0.2, -0.15) is 92.2 Å². The first-order valence-corrected chi connectivity index (χ1v) is 8.06. The van der Waals surface area contributed by atoms with Gasteiger partial charge in [0.15, 0.2) is 0 Å². The molecule has 0 saturated heterocycles. The van der Waals surface area contributed by atoms with Crippen LogP contribution in [0.3, 0.4) is 0 Å². The van der Waals surface area contributed by atoms with Crippen molar-refractivity contribution in [1.29, 1.82) is 0 Å². The number of aliphatic hydroxyl groups excluding tert-OH is 1. The van der Waals surface area contributed by atoms with E-state index < -0.39 is 78.5 Å². The highest BCUT2D eigenvalue weighted by Crippen LogP contribution is 2.66. The highest BCUT2D eigenvalue weighted by Gasteiger charge is 2.97. The van der Waals surface area contributed by atoms with Crippen LogP contribution in [0.4, 0.5) is 92.2 Å². The van der Waals surface area contributed by atoms with Gasteiger partial charge in [-0.05, 0) is 0 Å². The van der Waals surface area contributed by atoms with Gasteiger partial charge in [-0.3, -0.25) is 0 Å². The second kappa shape index (κ2) is 8.75. The monoisotopic (exact) mass is 593 g/mol. The molecule has 0 rings (SSSR count). The Morgan fingerprint density at radius 2 is 0.639 bits per heavy atom. The van der Waals surface area contributed by atoms with Crippen LogP contribution in [0.5, 0.6) is 0 Å². The third-order valence-electron chi connectivity index (χ3n) is 4.34. The van der Waals surface area contributed by atoms with E-state index in [0.29, 0.717) is 0 Å². The maximum Gasteiger partial charge on any atom is 0.460 e. The maximum atomic E-state index is 13.5. The molecule has 1 atom stereocenters. The zero-order valence-electron chi connectivity index (χ0n) is 16.0. The first kappa shape index (κ1) is 34.4. The van der Waals surface area contributed by atoms with Gasteiger partial charge in [-0.1, -0.05) is 0 Å². The molecule has 0 unspecified atom stereocenters. The molecule has 0 saturated carbocycles. The van der Waals surface area contributed by atoms with Crippen LogP contribution in [0.25, 0.3) is 0 Å². The number of alkyl halides is 21. The van der Waals surface area contributed by atoms with E-state index in [2.05, 4.69) is 5.73 Å². The Kier molecular flexibility index (Phi) is 8.37. The van der Waals surface area contributed by atoms with E-state index in [1.165, 1.54) is 0 Å². The minimum atomic E-state index is -9.20. The van der Waals surface area contributed by atoms with E-state index in [9.17, 15) is 92.2 Å². The van der Waals surface area contributed by atoms with Gasteiger partial charge in [0.1, 0.15) is 0 Å². The van der Waals surface area contributed by atoms with Crippen LogP contribution in [-0.2, 0) is 0 Å². The van der Waals surface area contributed by atoms with Gasteiger partial charge in [0.25, 0.3) is 0 Å². The lowest BCUT2D eigenvalue weighted by atomic mass is 9.85. The molecular formula is C13H8F21NO. The SMILES string of the molecule is NC[C@H](O)CC(F)(F)C(F)(F)C(F)(F)C(F)(F)C(F)(F)C(F)(F)C(F)(F)C(F)(F)C(F)(F)C(F)(F)F. The van der Waals surface area contributed by atoms with Gasteiger partial charge in [-0.15, -0.1) is 0 Å². The quantitative estimate of drug-likeness (QED) is 0.290. The van der Waals surface area contributed by atoms with Gasteiger partial charge in [0.05, 0.1) is 6.10 Å². The summed E-state index contributed by atoms with van der Waals surface area (Å²) in [4.78, 5) is 0. The van der Waals surface area contributed by atoms with Crippen LogP contribution >= 0.6 is 0 Å². The van der Waals surface area contributed by atoms with Crippen molar-refractivity contribution in [1.82, 2.24) is 0 Å². The lowest BCUT2D eigenvalue weighted by molar-refractivity contribution is -0.474. The Bertz CT molecular complexity index is 783. The third kappa shape index (κ3) is 4.29. The standard InChI is InChI=1S/C13H8F21NO/c14-4(15,1-3(36)2-35)5(16,17)6(18,19)7(20,21)8(22,23)9(24,25)10(26,27)11(28,29)12(30,31)13(32,33)34/h3,36H,1-2,35H2/t3-/m1/s1. The van der Waals surface area contributed by atoms with Crippen LogP contribution in [0.1, 0.15) is 6.42 Å². The first-order valence-electron chi connectivity index (χ1n) is 8.06. The van der Waals surface area contributed by atoms with Crippen LogP contribution < -0.4 is 5.73 Å². The van der Waals surface area contributed by atoms with Crippen molar-refractivity contribution in [3.05, 3.63) is 0 Å². The molecule has 23 heteroatoms. The highest BCUT2D eigenvalue weighted by molar-refractivity contribution is 5.18. The summed E-state index contributed by atoms with van der Waals surface area (Å²) in [7, 11) is 0. The van der Waals surface area contributed by atoms with Crippen LogP contribution in [0.15, 0.2) is 0 Å². The van der Waals surface area contributed by atoms with E-state index >= 15 is 0 Å². The molecule has 0 aliphatic carbocycles. The minimum Gasteiger partial charge on any atom is -0.392 e. The number of aliphatic hydroxyl groups is 1. The summed E-state index contributed by atoms with van der Waals surface area (Å²) >= 11 is 0. The molecule has 0 fully saturated rings. The summed E-state index contributed by atoms with van der Waals surface area (Å²) < 4.78 is 275. The lowest BCUT2D eigenvalue weighted by Gasteiger charge is -2.44. The molecule has 0 aromatic carbocycles. The molecule has 0 bridgehead atoms. The van der Waals surface area contributed by atoms with Gasteiger partial charge in [-0.25, -0.2) is 0 Å². The van der Waals surface area contributed by atoms with Crippen LogP contribution in [-0.4, -0.2) is 77.2 Å². The summed E-state index contributed by atoms with van der Waals surface area (Å²) in [5.41, 5.74) is 4.42. The molecule has 2 nitrogen and oxygen atoms in total. The summed E-state index contributed by atoms with van der Waals surface area (Å²) in [6.45, 7) is -1.55.